The second kappa shape index (κ2) is 6.35. The molecule has 2 rings (SSSR count). The van der Waals surface area contributed by atoms with Crippen molar-refractivity contribution in [1.82, 2.24) is 0 Å². The Morgan fingerprint density at radius 3 is 2.76 bits per heavy atom. The van der Waals surface area contributed by atoms with Crippen molar-refractivity contribution in [2.24, 2.45) is 0 Å². The Kier molecular flexibility index (Phi) is 4.52. The zero-order valence-corrected chi connectivity index (χ0v) is 12.6. The first kappa shape index (κ1) is 15.0. The normalized spacial score (nSPS) is 10.4. The summed E-state index contributed by atoms with van der Waals surface area (Å²) < 4.78 is 10.4. The van der Waals surface area contributed by atoms with Crippen molar-refractivity contribution in [3.05, 3.63) is 47.4 Å². The van der Waals surface area contributed by atoms with Gasteiger partial charge in [0.2, 0.25) is 0 Å². The van der Waals surface area contributed by atoms with Crippen LogP contribution in [-0.2, 0) is 11.3 Å². The molecule has 0 atom stereocenters. The number of ether oxygens (including phenoxy) is 1. The van der Waals surface area contributed by atoms with Gasteiger partial charge in [0, 0.05) is 24.8 Å². The molecule has 0 unspecified atom stereocenters. The molecule has 0 radical (unpaired) electrons. The molecule has 21 heavy (non-hydrogen) atoms. The van der Waals surface area contributed by atoms with Gasteiger partial charge in [0.05, 0.1) is 24.1 Å². The van der Waals surface area contributed by atoms with Crippen LogP contribution in [0.2, 0.25) is 0 Å². The van der Waals surface area contributed by atoms with Crippen LogP contribution in [0, 0.1) is 6.92 Å². The van der Waals surface area contributed by atoms with E-state index in [1.54, 1.807) is 25.3 Å². The molecule has 1 heterocycles. The molecule has 2 N–H and O–H groups in total. The fourth-order valence-electron chi connectivity index (χ4n) is 2.17. The maximum absolute atomic E-state index is 12.1. The van der Waals surface area contributed by atoms with Crippen molar-refractivity contribution in [3.63, 3.8) is 0 Å². The van der Waals surface area contributed by atoms with Gasteiger partial charge in [-0.1, -0.05) is 0 Å². The average Bonchev–Trinajstić information content (AvgIpc) is 2.84. The summed E-state index contributed by atoms with van der Waals surface area (Å²) in [6.45, 7) is 4.66. The fourth-order valence-corrected chi connectivity index (χ4v) is 2.17. The number of rotatable bonds is 5. The Balaban J connectivity index is 2.29. The van der Waals surface area contributed by atoms with E-state index in [1.165, 1.54) is 0 Å². The molecule has 112 valence electrons. The van der Waals surface area contributed by atoms with Gasteiger partial charge in [-0.05, 0) is 38.1 Å². The summed E-state index contributed by atoms with van der Waals surface area (Å²) >= 11 is 0. The van der Waals surface area contributed by atoms with Crippen LogP contribution in [0.1, 0.15) is 28.6 Å². The van der Waals surface area contributed by atoms with Crippen LogP contribution in [0.3, 0.4) is 0 Å². The van der Waals surface area contributed by atoms with Crippen molar-refractivity contribution < 1.29 is 13.9 Å². The molecule has 0 spiro atoms. The second-order valence-electron chi connectivity index (χ2n) is 4.86. The van der Waals surface area contributed by atoms with Crippen LogP contribution < -0.4 is 10.6 Å². The van der Waals surface area contributed by atoms with Gasteiger partial charge < -0.3 is 19.8 Å². The number of nitrogen functional groups attached to an aromatic ring is 1. The van der Waals surface area contributed by atoms with E-state index in [9.17, 15) is 4.79 Å². The molecule has 1 aromatic carbocycles. The van der Waals surface area contributed by atoms with Gasteiger partial charge in [-0.15, -0.1) is 0 Å². The van der Waals surface area contributed by atoms with E-state index in [0.29, 0.717) is 24.4 Å². The number of carbonyl (C=O) groups is 1. The molecule has 5 nitrogen and oxygen atoms in total. The summed E-state index contributed by atoms with van der Waals surface area (Å²) in [5.74, 6) is 0.505. The molecule has 2 aromatic rings. The minimum Gasteiger partial charge on any atom is -0.469 e. The van der Waals surface area contributed by atoms with E-state index in [-0.39, 0.29) is 5.97 Å². The van der Waals surface area contributed by atoms with Gasteiger partial charge in [0.25, 0.3) is 0 Å². The minimum atomic E-state index is -0.365. The molecular weight excluding hydrogens is 268 g/mol. The van der Waals surface area contributed by atoms with Gasteiger partial charge in [-0.25, -0.2) is 4.79 Å². The molecule has 0 amide bonds. The fraction of sp³-hybridized carbons (Fsp3) is 0.312. The summed E-state index contributed by atoms with van der Waals surface area (Å²) in [7, 11) is 1.92. The smallest absolute Gasteiger partial charge is 0.340 e. The maximum Gasteiger partial charge on any atom is 0.340 e. The highest BCUT2D eigenvalue weighted by molar-refractivity contribution is 5.97. The number of furan rings is 1. The minimum absolute atomic E-state index is 0.331. The predicted molar refractivity (Wildman–Crippen MR) is 82.4 cm³/mol. The summed E-state index contributed by atoms with van der Waals surface area (Å²) in [4.78, 5) is 14.0. The van der Waals surface area contributed by atoms with Crippen LogP contribution >= 0.6 is 0 Å². The van der Waals surface area contributed by atoms with Crippen LogP contribution in [0.25, 0.3) is 0 Å². The number of aryl methyl sites for hydroxylation is 1. The SMILES string of the molecule is CCOC(=O)c1cc(N)ccc1N(C)Cc1ccoc1C. The lowest BCUT2D eigenvalue weighted by Crippen LogP contribution is -2.20. The van der Waals surface area contributed by atoms with Crippen LogP contribution in [0.5, 0.6) is 0 Å². The second-order valence-corrected chi connectivity index (χ2v) is 4.86. The van der Waals surface area contributed by atoms with Crippen LogP contribution in [0.4, 0.5) is 11.4 Å². The number of nitrogens with zero attached hydrogens (tertiary/aromatic N) is 1. The van der Waals surface area contributed by atoms with E-state index in [1.807, 2.05) is 31.0 Å². The molecule has 0 fully saturated rings. The highest BCUT2D eigenvalue weighted by atomic mass is 16.5. The Morgan fingerprint density at radius 1 is 1.38 bits per heavy atom. The third-order valence-electron chi connectivity index (χ3n) is 3.30. The van der Waals surface area contributed by atoms with Gasteiger partial charge in [-0.2, -0.15) is 0 Å². The van der Waals surface area contributed by atoms with Gasteiger partial charge in [0.15, 0.2) is 0 Å². The first-order valence-corrected chi connectivity index (χ1v) is 6.83. The standard InChI is InChI=1S/C16H20N2O3/c1-4-20-16(19)14-9-13(17)5-6-15(14)18(3)10-12-7-8-21-11(12)2/h5-9H,4,10,17H2,1-3H3. The van der Waals surface area contributed by atoms with E-state index in [0.717, 1.165) is 17.0 Å². The van der Waals surface area contributed by atoms with Gasteiger partial charge >= 0.3 is 5.97 Å². The highest BCUT2D eigenvalue weighted by Gasteiger charge is 2.17. The Hall–Kier alpha value is -2.43. The molecular formula is C16H20N2O3. The molecule has 0 saturated heterocycles. The lowest BCUT2D eigenvalue weighted by molar-refractivity contribution is 0.0527. The monoisotopic (exact) mass is 288 g/mol. The van der Waals surface area contributed by atoms with Gasteiger partial charge in [0.1, 0.15) is 5.76 Å². The largest absolute Gasteiger partial charge is 0.469 e. The number of nitrogens with two attached hydrogens (primary N) is 1. The molecule has 0 saturated carbocycles. The first-order valence-electron chi connectivity index (χ1n) is 6.83. The van der Waals surface area contributed by atoms with E-state index in [4.69, 9.17) is 14.9 Å². The summed E-state index contributed by atoms with van der Waals surface area (Å²) in [5.41, 5.74) is 8.64. The number of hydrogen-bond donors (Lipinski definition) is 1. The summed E-state index contributed by atoms with van der Waals surface area (Å²) in [6.07, 6.45) is 1.66. The quantitative estimate of drug-likeness (QED) is 0.676. The summed E-state index contributed by atoms with van der Waals surface area (Å²) in [6, 6.07) is 7.17. The Bertz CT molecular complexity index is 634. The first-order chi connectivity index (χ1) is 10.0. The van der Waals surface area contributed by atoms with Crippen molar-refractivity contribution in [2.75, 3.05) is 24.3 Å². The molecule has 5 heteroatoms. The zero-order valence-electron chi connectivity index (χ0n) is 12.6. The molecule has 0 aliphatic heterocycles. The molecule has 0 bridgehead atoms. The van der Waals surface area contributed by atoms with Gasteiger partial charge in [-0.3, -0.25) is 0 Å². The third kappa shape index (κ3) is 3.37. The van der Waals surface area contributed by atoms with E-state index >= 15 is 0 Å². The molecule has 1 aromatic heterocycles. The molecule has 0 aliphatic carbocycles. The lowest BCUT2D eigenvalue weighted by atomic mass is 10.1. The third-order valence-corrected chi connectivity index (χ3v) is 3.30. The average molecular weight is 288 g/mol. The van der Waals surface area contributed by atoms with E-state index < -0.39 is 0 Å². The number of hydrogen-bond acceptors (Lipinski definition) is 5. The molecule has 0 aliphatic rings. The number of carbonyl (C=O) groups excluding carboxylic acids is 1. The Labute approximate surface area is 124 Å². The van der Waals surface area contributed by atoms with Crippen molar-refractivity contribution >= 4 is 17.3 Å². The summed E-state index contributed by atoms with van der Waals surface area (Å²) in [5, 5.41) is 0. The lowest BCUT2D eigenvalue weighted by Gasteiger charge is -2.22. The predicted octanol–water partition coefficient (Wildman–Crippen LogP) is 2.98. The van der Waals surface area contributed by atoms with Crippen molar-refractivity contribution in [3.8, 4) is 0 Å². The van der Waals surface area contributed by atoms with Crippen LogP contribution in [-0.4, -0.2) is 19.6 Å². The topological polar surface area (TPSA) is 68.7 Å². The zero-order chi connectivity index (χ0) is 15.4. The highest BCUT2D eigenvalue weighted by Crippen LogP contribution is 2.25. The van der Waals surface area contributed by atoms with Crippen LogP contribution in [0.15, 0.2) is 34.9 Å². The maximum atomic E-state index is 12.1. The van der Waals surface area contributed by atoms with Crippen molar-refractivity contribution in [1.29, 1.82) is 0 Å². The van der Waals surface area contributed by atoms with E-state index in [2.05, 4.69) is 0 Å². The number of anilines is 2. The van der Waals surface area contributed by atoms with Crippen molar-refractivity contribution in [2.45, 2.75) is 20.4 Å². The number of esters is 1. The number of benzene rings is 1. The Morgan fingerprint density at radius 2 is 2.14 bits per heavy atom.